The van der Waals surface area contributed by atoms with Crippen molar-refractivity contribution in [3.05, 3.63) is 35.2 Å². The zero-order chi connectivity index (χ0) is 12.8. The topological polar surface area (TPSA) is 63.8 Å². The first-order chi connectivity index (χ1) is 8.08. The van der Waals surface area contributed by atoms with E-state index in [1.54, 1.807) is 0 Å². The van der Waals surface area contributed by atoms with E-state index in [4.69, 9.17) is 5.84 Å². The summed E-state index contributed by atoms with van der Waals surface area (Å²) in [6.07, 6.45) is 2.76. The van der Waals surface area contributed by atoms with Gasteiger partial charge in [-0.3, -0.25) is 11.3 Å². The van der Waals surface area contributed by atoms with Crippen LogP contribution in [0.1, 0.15) is 49.7 Å². The highest BCUT2D eigenvalue weighted by Crippen LogP contribution is 2.22. The smallest absolute Gasteiger partial charge is 0.0676 e. The van der Waals surface area contributed by atoms with Gasteiger partial charge in [0.2, 0.25) is 0 Å². The van der Waals surface area contributed by atoms with E-state index in [-0.39, 0.29) is 6.04 Å². The normalized spacial score (nSPS) is 12.5. The molecule has 0 radical (unpaired) electrons. The third-order valence-electron chi connectivity index (χ3n) is 2.80. The molecule has 0 saturated carbocycles. The SMILES string of the molecule is C=C(C)CCC(NN)c1cc(C)nnc1CC. The predicted octanol–water partition coefficient (Wildman–Crippen LogP) is 2.21. The zero-order valence-corrected chi connectivity index (χ0v) is 11.0. The molecule has 1 aromatic heterocycles. The number of aromatic nitrogens is 2. The van der Waals surface area contributed by atoms with Crippen LogP contribution in [0.15, 0.2) is 18.2 Å². The average Bonchev–Trinajstić information content (AvgIpc) is 2.30. The Morgan fingerprint density at radius 3 is 2.76 bits per heavy atom. The molecule has 1 heterocycles. The third kappa shape index (κ3) is 3.91. The minimum absolute atomic E-state index is 0.121. The second-order valence-electron chi connectivity index (χ2n) is 4.46. The van der Waals surface area contributed by atoms with Gasteiger partial charge in [0.05, 0.1) is 11.4 Å². The van der Waals surface area contributed by atoms with Gasteiger partial charge in [-0.25, -0.2) is 0 Å². The molecule has 94 valence electrons. The van der Waals surface area contributed by atoms with Crippen LogP contribution >= 0.6 is 0 Å². The van der Waals surface area contributed by atoms with Crippen LogP contribution in [0.5, 0.6) is 0 Å². The third-order valence-corrected chi connectivity index (χ3v) is 2.80. The largest absolute Gasteiger partial charge is 0.271 e. The second-order valence-corrected chi connectivity index (χ2v) is 4.46. The molecule has 1 atom stereocenters. The molecule has 1 unspecified atom stereocenters. The minimum atomic E-state index is 0.121. The molecule has 0 bridgehead atoms. The highest BCUT2D eigenvalue weighted by atomic mass is 15.2. The summed E-state index contributed by atoms with van der Waals surface area (Å²) in [5, 5.41) is 8.31. The summed E-state index contributed by atoms with van der Waals surface area (Å²) in [6.45, 7) is 9.98. The summed E-state index contributed by atoms with van der Waals surface area (Å²) < 4.78 is 0. The van der Waals surface area contributed by atoms with Crippen LogP contribution in [0.25, 0.3) is 0 Å². The molecule has 4 heteroatoms. The Morgan fingerprint density at radius 1 is 1.53 bits per heavy atom. The molecule has 0 aromatic carbocycles. The highest BCUT2D eigenvalue weighted by molar-refractivity contribution is 5.24. The van der Waals surface area contributed by atoms with Crippen molar-refractivity contribution < 1.29 is 0 Å². The maximum atomic E-state index is 5.64. The van der Waals surface area contributed by atoms with Crippen molar-refractivity contribution >= 4 is 0 Å². The first kappa shape index (κ1) is 13.8. The molecule has 0 aliphatic rings. The van der Waals surface area contributed by atoms with Gasteiger partial charge in [-0.05, 0) is 44.7 Å². The predicted molar refractivity (Wildman–Crippen MR) is 70.3 cm³/mol. The van der Waals surface area contributed by atoms with Crippen molar-refractivity contribution in [2.75, 3.05) is 0 Å². The fourth-order valence-electron chi connectivity index (χ4n) is 1.83. The zero-order valence-electron chi connectivity index (χ0n) is 11.0. The lowest BCUT2D eigenvalue weighted by Gasteiger charge is -2.18. The summed E-state index contributed by atoms with van der Waals surface area (Å²) in [5.41, 5.74) is 7.13. The van der Waals surface area contributed by atoms with Crippen LogP contribution in [0, 0.1) is 6.92 Å². The number of rotatable bonds is 6. The maximum Gasteiger partial charge on any atom is 0.0676 e. The summed E-state index contributed by atoms with van der Waals surface area (Å²) in [4.78, 5) is 0. The Bertz CT molecular complexity index is 387. The molecular weight excluding hydrogens is 212 g/mol. The van der Waals surface area contributed by atoms with E-state index in [9.17, 15) is 0 Å². The Hall–Kier alpha value is -1.26. The van der Waals surface area contributed by atoms with Crippen molar-refractivity contribution in [2.24, 2.45) is 5.84 Å². The van der Waals surface area contributed by atoms with E-state index in [0.717, 1.165) is 36.2 Å². The van der Waals surface area contributed by atoms with Gasteiger partial charge in [0.25, 0.3) is 0 Å². The average molecular weight is 234 g/mol. The summed E-state index contributed by atoms with van der Waals surface area (Å²) in [6, 6.07) is 2.19. The van der Waals surface area contributed by atoms with E-state index >= 15 is 0 Å². The van der Waals surface area contributed by atoms with Gasteiger partial charge in [0, 0.05) is 6.04 Å². The molecule has 0 aliphatic carbocycles. The van der Waals surface area contributed by atoms with E-state index < -0.39 is 0 Å². The summed E-state index contributed by atoms with van der Waals surface area (Å²) in [5.74, 6) is 5.64. The van der Waals surface area contributed by atoms with Gasteiger partial charge in [0.1, 0.15) is 0 Å². The van der Waals surface area contributed by atoms with E-state index in [0.29, 0.717) is 0 Å². The van der Waals surface area contributed by atoms with Crippen molar-refractivity contribution in [3.63, 3.8) is 0 Å². The van der Waals surface area contributed by atoms with Crippen LogP contribution < -0.4 is 11.3 Å². The standard InChI is InChI=1S/C13H22N4/c1-5-12-11(8-10(4)16-17-12)13(15-14)7-6-9(2)3/h8,13,15H,2,5-7,14H2,1,3-4H3. The quantitative estimate of drug-likeness (QED) is 0.450. The van der Waals surface area contributed by atoms with E-state index in [2.05, 4.69) is 35.2 Å². The Balaban J connectivity index is 2.93. The van der Waals surface area contributed by atoms with Crippen molar-refractivity contribution in [1.29, 1.82) is 0 Å². The molecular formula is C13H22N4. The number of hydrogen-bond acceptors (Lipinski definition) is 4. The molecule has 1 aromatic rings. The molecule has 3 N–H and O–H groups in total. The van der Waals surface area contributed by atoms with Crippen LogP contribution in [-0.4, -0.2) is 10.2 Å². The van der Waals surface area contributed by atoms with Crippen LogP contribution in [0.3, 0.4) is 0 Å². The van der Waals surface area contributed by atoms with Crippen molar-refractivity contribution in [2.45, 2.75) is 46.1 Å². The van der Waals surface area contributed by atoms with Crippen molar-refractivity contribution in [1.82, 2.24) is 15.6 Å². The molecule has 0 saturated heterocycles. The van der Waals surface area contributed by atoms with E-state index in [1.807, 2.05) is 13.8 Å². The number of hydrogen-bond donors (Lipinski definition) is 2. The molecule has 0 fully saturated rings. The van der Waals surface area contributed by atoms with Crippen LogP contribution in [0.2, 0.25) is 0 Å². The maximum absolute atomic E-state index is 5.64. The van der Waals surface area contributed by atoms with Gasteiger partial charge < -0.3 is 0 Å². The van der Waals surface area contributed by atoms with Crippen LogP contribution in [-0.2, 0) is 6.42 Å². The fraction of sp³-hybridized carbons (Fsp3) is 0.538. The number of hydrazine groups is 1. The summed E-state index contributed by atoms with van der Waals surface area (Å²) in [7, 11) is 0. The van der Waals surface area contributed by atoms with E-state index in [1.165, 1.54) is 5.57 Å². The lowest BCUT2D eigenvalue weighted by Crippen LogP contribution is -2.29. The van der Waals surface area contributed by atoms with Gasteiger partial charge in [0.15, 0.2) is 0 Å². The molecule has 0 amide bonds. The number of aryl methyl sites for hydroxylation is 2. The highest BCUT2D eigenvalue weighted by Gasteiger charge is 2.15. The lowest BCUT2D eigenvalue weighted by molar-refractivity contribution is 0.507. The van der Waals surface area contributed by atoms with Crippen molar-refractivity contribution in [3.8, 4) is 0 Å². The van der Waals surface area contributed by atoms with Gasteiger partial charge in [-0.1, -0.05) is 12.5 Å². The Labute approximate surface area is 103 Å². The molecule has 0 aliphatic heterocycles. The number of nitrogens with one attached hydrogen (secondary N) is 1. The van der Waals surface area contributed by atoms with Gasteiger partial charge in [-0.15, -0.1) is 6.58 Å². The van der Waals surface area contributed by atoms with Crippen LogP contribution in [0.4, 0.5) is 0 Å². The molecule has 4 nitrogen and oxygen atoms in total. The Kier molecular flexibility index (Phi) is 5.25. The molecule has 0 spiro atoms. The fourth-order valence-corrected chi connectivity index (χ4v) is 1.83. The van der Waals surface area contributed by atoms with Gasteiger partial charge in [-0.2, -0.15) is 10.2 Å². The number of nitrogens with two attached hydrogens (primary N) is 1. The number of nitrogens with zero attached hydrogens (tertiary/aromatic N) is 2. The Morgan fingerprint density at radius 2 is 2.24 bits per heavy atom. The summed E-state index contributed by atoms with van der Waals surface area (Å²) >= 11 is 0. The molecule has 17 heavy (non-hydrogen) atoms. The number of allylic oxidation sites excluding steroid dienone is 1. The van der Waals surface area contributed by atoms with Gasteiger partial charge >= 0.3 is 0 Å². The monoisotopic (exact) mass is 234 g/mol. The minimum Gasteiger partial charge on any atom is -0.271 e. The first-order valence-electron chi connectivity index (χ1n) is 6.02. The molecule has 1 rings (SSSR count). The lowest BCUT2D eigenvalue weighted by atomic mass is 9.98. The second kappa shape index (κ2) is 6.47. The first-order valence-corrected chi connectivity index (χ1v) is 6.02.